The number of nitrogens with zero attached hydrogens (tertiary/aromatic N) is 1. The first-order valence-electron chi connectivity index (χ1n) is 6.15. The first kappa shape index (κ1) is 13.9. The molecule has 0 radical (unpaired) electrons. The highest BCUT2D eigenvalue weighted by Crippen LogP contribution is 1.98. The lowest BCUT2D eigenvalue weighted by atomic mass is 10.2. The van der Waals surface area contributed by atoms with Crippen LogP contribution in [0.15, 0.2) is 0 Å². The second kappa shape index (κ2) is 11.0. The molecule has 0 amide bonds. The Kier molecular flexibility index (Phi) is 10.9. The molecule has 0 aromatic carbocycles. The number of unbranched alkanes of at least 4 members (excludes halogenated alkanes) is 2. The zero-order valence-corrected chi connectivity index (χ0v) is 10.2. The van der Waals surface area contributed by atoms with Gasteiger partial charge in [0.1, 0.15) is 0 Å². The van der Waals surface area contributed by atoms with E-state index in [9.17, 15) is 0 Å². The fourth-order valence-electron chi connectivity index (χ4n) is 1.44. The van der Waals surface area contributed by atoms with Gasteiger partial charge in [0, 0.05) is 13.2 Å². The predicted octanol–water partition coefficient (Wildman–Crippen LogP) is 2.93. The van der Waals surface area contributed by atoms with Gasteiger partial charge in [-0.15, -0.1) is 0 Å². The molecule has 0 aromatic heterocycles. The Hall–Kier alpha value is -0.0800. The smallest absolute Gasteiger partial charge is 0.0593 e. The molecule has 2 nitrogen and oxygen atoms in total. The molecule has 0 spiro atoms. The number of hydrogen-bond acceptors (Lipinski definition) is 2. The van der Waals surface area contributed by atoms with Crippen LogP contribution in [0.1, 0.15) is 46.5 Å². The quantitative estimate of drug-likeness (QED) is 0.504. The van der Waals surface area contributed by atoms with Crippen LogP contribution in [0.3, 0.4) is 0 Å². The Bertz CT molecular complexity index is 98.5. The average molecular weight is 201 g/mol. The van der Waals surface area contributed by atoms with E-state index in [0.717, 1.165) is 19.8 Å². The van der Waals surface area contributed by atoms with Crippen LogP contribution in [0.4, 0.5) is 0 Å². The number of rotatable bonds is 10. The summed E-state index contributed by atoms with van der Waals surface area (Å²) in [5.74, 6) is 0. The van der Waals surface area contributed by atoms with Gasteiger partial charge in [-0.1, -0.05) is 26.7 Å². The summed E-state index contributed by atoms with van der Waals surface area (Å²) in [6.45, 7) is 11.9. The second-order valence-electron chi connectivity index (χ2n) is 3.75. The highest BCUT2D eigenvalue weighted by atomic mass is 16.5. The molecule has 0 aliphatic heterocycles. The van der Waals surface area contributed by atoms with E-state index in [0.29, 0.717) is 0 Å². The third kappa shape index (κ3) is 8.52. The van der Waals surface area contributed by atoms with Crippen molar-refractivity contribution >= 4 is 0 Å². The molecule has 0 rings (SSSR count). The first-order chi connectivity index (χ1) is 6.85. The van der Waals surface area contributed by atoms with Crippen LogP contribution >= 0.6 is 0 Å². The maximum absolute atomic E-state index is 5.38. The van der Waals surface area contributed by atoms with Crippen molar-refractivity contribution in [3.63, 3.8) is 0 Å². The lowest BCUT2D eigenvalue weighted by Crippen LogP contribution is -2.29. The van der Waals surface area contributed by atoms with Crippen LogP contribution in [0, 0.1) is 0 Å². The van der Waals surface area contributed by atoms with Crippen LogP contribution in [0.25, 0.3) is 0 Å². The number of hydrogen-bond donors (Lipinski definition) is 0. The van der Waals surface area contributed by atoms with Gasteiger partial charge in [0.2, 0.25) is 0 Å². The van der Waals surface area contributed by atoms with Gasteiger partial charge in [-0.3, -0.25) is 0 Å². The molecule has 0 saturated heterocycles. The summed E-state index contributed by atoms with van der Waals surface area (Å²) < 4.78 is 5.38. The summed E-state index contributed by atoms with van der Waals surface area (Å²) in [6, 6.07) is 0. The normalized spacial score (nSPS) is 11.1. The van der Waals surface area contributed by atoms with Crippen LogP contribution in [0.2, 0.25) is 0 Å². The van der Waals surface area contributed by atoms with Crippen molar-refractivity contribution in [3.8, 4) is 0 Å². The van der Waals surface area contributed by atoms with E-state index in [-0.39, 0.29) is 0 Å². The molecule has 86 valence electrons. The maximum atomic E-state index is 5.38. The minimum absolute atomic E-state index is 0.843. The monoisotopic (exact) mass is 201 g/mol. The molecule has 0 N–H and O–H groups in total. The van der Waals surface area contributed by atoms with Crippen LogP contribution in [-0.4, -0.2) is 37.7 Å². The van der Waals surface area contributed by atoms with Gasteiger partial charge in [-0.2, -0.15) is 0 Å². The fourth-order valence-corrected chi connectivity index (χ4v) is 1.44. The topological polar surface area (TPSA) is 12.5 Å². The zero-order valence-electron chi connectivity index (χ0n) is 10.2. The Balaban J connectivity index is 3.49. The van der Waals surface area contributed by atoms with Crippen LogP contribution < -0.4 is 0 Å². The van der Waals surface area contributed by atoms with E-state index in [1.54, 1.807) is 0 Å². The summed E-state index contributed by atoms with van der Waals surface area (Å²) in [5, 5.41) is 0. The maximum Gasteiger partial charge on any atom is 0.0593 e. The molecule has 0 aromatic rings. The van der Waals surface area contributed by atoms with Crippen molar-refractivity contribution in [2.24, 2.45) is 0 Å². The van der Waals surface area contributed by atoms with Gasteiger partial charge >= 0.3 is 0 Å². The molecule has 0 atom stereocenters. The summed E-state index contributed by atoms with van der Waals surface area (Å²) in [5.41, 5.74) is 0. The minimum atomic E-state index is 0.843. The lowest BCUT2D eigenvalue weighted by molar-refractivity contribution is 0.112. The summed E-state index contributed by atoms with van der Waals surface area (Å²) >= 11 is 0. The Morgan fingerprint density at radius 1 is 0.857 bits per heavy atom. The van der Waals surface area contributed by atoms with Gasteiger partial charge in [0.05, 0.1) is 6.61 Å². The third-order valence-electron chi connectivity index (χ3n) is 2.41. The van der Waals surface area contributed by atoms with Gasteiger partial charge in [-0.25, -0.2) is 0 Å². The van der Waals surface area contributed by atoms with E-state index in [1.165, 1.54) is 38.8 Å². The standard InChI is InChI=1S/C12H27NO/c1-4-7-9-13(10-8-5-2)11-12-14-6-3/h4-12H2,1-3H3. The van der Waals surface area contributed by atoms with Crippen molar-refractivity contribution in [3.05, 3.63) is 0 Å². The van der Waals surface area contributed by atoms with E-state index < -0.39 is 0 Å². The zero-order chi connectivity index (χ0) is 10.6. The van der Waals surface area contributed by atoms with Gasteiger partial charge in [0.25, 0.3) is 0 Å². The molecule has 0 heterocycles. The highest BCUT2D eigenvalue weighted by Gasteiger charge is 2.02. The van der Waals surface area contributed by atoms with Crippen molar-refractivity contribution in [2.75, 3.05) is 32.8 Å². The van der Waals surface area contributed by atoms with E-state index in [1.807, 2.05) is 0 Å². The Morgan fingerprint density at radius 3 is 1.86 bits per heavy atom. The molecule has 0 aliphatic carbocycles. The molecule has 0 aliphatic rings. The molecule has 0 fully saturated rings. The van der Waals surface area contributed by atoms with Crippen molar-refractivity contribution in [2.45, 2.75) is 46.5 Å². The van der Waals surface area contributed by atoms with Crippen molar-refractivity contribution in [1.29, 1.82) is 0 Å². The second-order valence-corrected chi connectivity index (χ2v) is 3.75. The van der Waals surface area contributed by atoms with Gasteiger partial charge in [0.15, 0.2) is 0 Å². The molecule has 2 heteroatoms. The third-order valence-corrected chi connectivity index (χ3v) is 2.41. The average Bonchev–Trinajstić information content (AvgIpc) is 2.21. The van der Waals surface area contributed by atoms with E-state index >= 15 is 0 Å². The van der Waals surface area contributed by atoms with Crippen molar-refractivity contribution < 1.29 is 4.74 Å². The summed E-state index contributed by atoms with van der Waals surface area (Å²) in [4.78, 5) is 2.53. The summed E-state index contributed by atoms with van der Waals surface area (Å²) in [7, 11) is 0. The lowest BCUT2D eigenvalue weighted by Gasteiger charge is -2.21. The predicted molar refractivity (Wildman–Crippen MR) is 62.7 cm³/mol. The molecule has 0 unspecified atom stereocenters. The Morgan fingerprint density at radius 2 is 1.43 bits per heavy atom. The fraction of sp³-hybridized carbons (Fsp3) is 1.00. The van der Waals surface area contributed by atoms with E-state index in [2.05, 4.69) is 25.7 Å². The minimum Gasteiger partial charge on any atom is -0.380 e. The van der Waals surface area contributed by atoms with E-state index in [4.69, 9.17) is 4.74 Å². The number of ether oxygens (including phenoxy) is 1. The molecule has 0 bridgehead atoms. The summed E-state index contributed by atoms with van der Waals surface area (Å²) in [6.07, 6.45) is 5.21. The highest BCUT2D eigenvalue weighted by molar-refractivity contribution is 4.57. The molecular weight excluding hydrogens is 174 g/mol. The molecule has 0 saturated carbocycles. The van der Waals surface area contributed by atoms with Crippen molar-refractivity contribution in [1.82, 2.24) is 4.90 Å². The van der Waals surface area contributed by atoms with Crippen LogP contribution in [-0.2, 0) is 4.74 Å². The molecular formula is C12H27NO. The first-order valence-corrected chi connectivity index (χ1v) is 6.15. The van der Waals surface area contributed by atoms with Crippen LogP contribution in [0.5, 0.6) is 0 Å². The largest absolute Gasteiger partial charge is 0.380 e. The van der Waals surface area contributed by atoms with Gasteiger partial charge in [-0.05, 0) is 32.9 Å². The molecule has 14 heavy (non-hydrogen) atoms. The Labute approximate surface area is 89.6 Å². The SMILES string of the molecule is CCCCN(CCCC)CCOCC. The van der Waals surface area contributed by atoms with Gasteiger partial charge < -0.3 is 9.64 Å².